The Bertz CT molecular complexity index is 1550. The summed E-state index contributed by atoms with van der Waals surface area (Å²) in [6.45, 7) is 3.30. The number of benzene rings is 3. The molecular weight excluding hydrogens is 635 g/mol. The van der Waals surface area contributed by atoms with E-state index in [1.54, 1.807) is 36.0 Å². The zero-order chi connectivity index (χ0) is 33.7. The standard InChI is InChI=1S/C34H36F3N3O6S/c1-20-29(19-47-27-15-13-25(14-16-27)38-21(2)42)45-32(46-30(20)23-7-5-22(18-41)6-8-23)24-9-11-26(12-10-24)39-31(43)28-4-3-17-40(28)33(44)34(35,36)37/h5-16,20,28-30,32,41H,3-4,17-19H2,1-2H3,(H,38,42)(H,39,43). The van der Waals surface area contributed by atoms with Crippen LogP contribution in [0.1, 0.15) is 55.8 Å². The predicted molar refractivity (Wildman–Crippen MR) is 170 cm³/mol. The number of amides is 3. The molecule has 5 unspecified atom stereocenters. The Morgan fingerprint density at radius 1 is 0.915 bits per heavy atom. The molecule has 9 nitrogen and oxygen atoms in total. The summed E-state index contributed by atoms with van der Waals surface area (Å²) in [5.74, 6) is -2.28. The molecule has 2 heterocycles. The molecule has 3 aromatic carbocycles. The van der Waals surface area contributed by atoms with Crippen molar-refractivity contribution in [3.63, 3.8) is 0 Å². The SMILES string of the molecule is CC(=O)Nc1ccc(SCC2OC(c3ccc(NC(=O)C4CCCN4C(=O)C(F)(F)F)cc3)OC(c3ccc(CO)cc3)C2C)cc1. The van der Waals surface area contributed by atoms with E-state index in [1.165, 1.54) is 6.92 Å². The number of carbonyl (C=O) groups excluding carboxylic acids is 3. The molecule has 5 atom stereocenters. The minimum atomic E-state index is -5.05. The first kappa shape index (κ1) is 34.4. The fourth-order valence-corrected chi connectivity index (χ4v) is 6.79. The van der Waals surface area contributed by atoms with Crippen LogP contribution in [0.5, 0.6) is 0 Å². The Morgan fingerprint density at radius 2 is 1.53 bits per heavy atom. The highest BCUT2D eigenvalue weighted by Gasteiger charge is 2.47. The first-order chi connectivity index (χ1) is 22.4. The zero-order valence-electron chi connectivity index (χ0n) is 25.8. The Balaban J connectivity index is 1.30. The number of alkyl halides is 3. The smallest absolute Gasteiger partial charge is 0.392 e. The molecule has 0 aliphatic carbocycles. The van der Waals surface area contributed by atoms with Crippen LogP contribution in [0.2, 0.25) is 0 Å². The molecule has 0 saturated carbocycles. The van der Waals surface area contributed by atoms with Gasteiger partial charge in [-0.3, -0.25) is 14.4 Å². The second-order valence-corrected chi connectivity index (χ2v) is 12.7. The van der Waals surface area contributed by atoms with E-state index >= 15 is 0 Å². The lowest BCUT2D eigenvalue weighted by Gasteiger charge is -2.41. The van der Waals surface area contributed by atoms with Crippen LogP contribution in [0.4, 0.5) is 24.5 Å². The van der Waals surface area contributed by atoms with Gasteiger partial charge in [0.05, 0.1) is 18.8 Å². The predicted octanol–water partition coefficient (Wildman–Crippen LogP) is 6.21. The fourth-order valence-electron chi connectivity index (χ4n) is 5.72. The van der Waals surface area contributed by atoms with Crippen LogP contribution in [-0.2, 0) is 30.5 Å². The highest BCUT2D eigenvalue weighted by Crippen LogP contribution is 2.43. The number of nitrogens with one attached hydrogen (secondary N) is 2. The minimum absolute atomic E-state index is 0.0512. The van der Waals surface area contributed by atoms with Crippen molar-refractivity contribution in [2.45, 2.75) is 68.9 Å². The fraction of sp³-hybridized carbons (Fsp3) is 0.382. The van der Waals surface area contributed by atoms with Crippen molar-refractivity contribution in [3.8, 4) is 0 Å². The van der Waals surface area contributed by atoms with Crippen molar-refractivity contribution >= 4 is 40.9 Å². The van der Waals surface area contributed by atoms with E-state index < -0.39 is 30.3 Å². The van der Waals surface area contributed by atoms with Gasteiger partial charge in [0, 0.05) is 47.0 Å². The summed E-state index contributed by atoms with van der Waals surface area (Å²) in [7, 11) is 0. The van der Waals surface area contributed by atoms with Crippen molar-refractivity contribution < 1.29 is 42.1 Å². The van der Waals surface area contributed by atoms with Gasteiger partial charge in [0.15, 0.2) is 6.29 Å². The molecule has 3 amide bonds. The Morgan fingerprint density at radius 3 is 2.15 bits per heavy atom. The number of nitrogens with zero attached hydrogens (tertiary/aromatic N) is 1. The number of hydrogen-bond acceptors (Lipinski definition) is 7. The van der Waals surface area contributed by atoms with Gasteiger partial charge in [0.2, 0.25) is 11.8 Å². The topological polar surface area (TPSA) is 117 Å². The number of thioether (sulfide) groups is 1. The molecule has 2 saturated heterocycles. The third kappa shape index (κ3) is 8.52. The third-order valence-electron chi connectivity index (χ3n) is 8.22. The average Bonchev–Trinajstić information content (AvgIpc) is 3.54. The molecule has 5 rings (SSSR count). The lowest BCUT2D eigenvalue weighted by atomic mass is 9.91. The molecule has 47 heavy (non-hydrogen) atoms. The summed E-state index contributed by atoms with van der Waals surface area (Å²) in [6, 6.07) is 20.6. The second-order valence-electron chi connectivity index (χ2n) is 11.6. The van der Waals surface area contributed by atoms with Crippen LogP contribution in [0.25, 0.3) is 0 Å². The lowest BCUT2D eigenvalue weighted by molar-refractivity contribution is -0.268. The highest BCUT2D eigenvalue weighted by atomic mass is 32.2. The van der Waals surface area contributed by atoms with E-state index in [9.17, 15) is 32.7 Å². The van der Waals surface area contributed by atoms with Crippen LogP contribution in [0, 0.1) is 5.92 Å². The Labute approximate surface area is 274 Å². The van der Waals surface area contributed by atoms with Gasteiger partial charge < -0.3 is 30.1 Å². The molecule has 0 radical (unpaired) electrons. The number of halogens is 3. The van der Waals surface area contributed by atoms with Crippen LogP contribution in [-0.4, -0.2) is 58.3 Å². The number of aliphatic hydroxyl groups excluding tert-OH is 1. The maximum atomic E-state index is 13.0. The number of aliphatic hydroxyl groups is 1. The summed E-state index contributed by atoms with van der Waals surface area (Å²) in [4.78, 5) is 37.6. The van der Waals surface area contributed by atoms with E-state index in [0.717, 1.165) is 16.0 Å². The number of ether oxygens (including phenoxy) is 2. The Hall–Kier alpha value is -3.91. The summed E-state index contributed by atoms with van der Waals surface area (Å²) >= 11 is 1.61. The number of rotatable bonds is 9. The van der Waals surface area contributed by atoms with Gasteiger partial charge in [-0.25, -0.2) is 0 Å². The molecular formula is C34H36F3N3O6S. The molecule has 0 spiro atoms. The average molecular weight is 672 g/mol. The molecule has 2 fully saturated rings. The quantitative estimate of drug-likeness (QED) is 0.232. The highest BCUT2D eigenvalue weighted by molar-refractivity contribution is 7.99. The van der Waals surface area contributed by atoms with E-state index in [0.29, 0.717) is 34.0 Å². The number of anilines is 2. The van der Waals surface area contributed by atoms with Crippen molar-refractivity contribution in [3.05, 3.63) is 89.5 Å². The molecule has 13 heteroatoms. The van der Waals surface area contributed by atoms with E-state index in [1.807, 2.05) is 48.5 Å². The van der Waals surface area contributed by atoms with Crippen LogP contribution in [0.15, 0.2) is 77.7 Å². The summed E-state index contributed by atoms with van der Waals surface area (Å²) in [5.41, 5.74) is 3.45. The number of likely N-dealkylation sites (tertiary alicyclic amines) is 1. The monoisotopic (exact) mass is 671 g/mol. The summed E-state index contributed by atoms with van der Waals surface area (Å²) in [5, 5.41) is 14.9. The molecule has 250 valence electrons. The van der Waals surface area contributed by atoms with Crippen LogP contribution < -0.4 is 10.6 Å². The first-order valence-corrected chi connectivity index (χ1v) is 16.2. The zero-order valence-corrected chi connectivity index (χ0v) is 26.6. The third-order valence-corrected chi connectivity index (χ3v) is 9.32. The number of carbonyl (C=O) groups is 3. The normalized spacial score (nSPS) is 22.9. The van der Waals surface area contributed by atoms with Crippen LogP contribution in [0.3, 0.4) is 0 Å². The van der Waals surface area contributed by atoms with Gasteiger partial charge in [-0.2, -0.15) is 13.2 Å². The minimum Gasteiger partial charge on any atom is -0.392 e. The van der Waals surface area contributed by atoms with Crippen molar-refractivity contribution in [2.75, 3.05) is 22.9 Å². The van der Waals surface area contributed by atoms with Crippen LogP contribution >= 0.6 is 11.8 Å². The van der Waals surface area contributed by atoms with Gasteiger partial charge >= 0.3 is 12.1 Å². The van der Waals surface area contributed by atoms with Gasteiger partial charge in [-0.1, -0.05) is 43.3 Å². The van der Waals surface area contributed by atoms with Gasteiger partial charge in [0.1, 0.15) is 6.04 Å². The number of hydrogen-bond donors (Lipinski definition) is 3. The summed E-state index contributed by atoms with van der Waals surface area (Å²) < 4.78 is 52.0. The van der Waals surface area contributed by atoms with Crippen molar-refractivity contribution in [2.24, 2.45) is 5.92 Å². The molecule has 2 aliphatic rings. The molecule has 0 aromatic heterocycles. The molecule has 3 N–H and O–H groups in total. The van der Waals surface area contributed by atoms with Crippen molar-refractivity contribution in [1.29, 1.82) is 0 Å². The largest absolute Gasteiger partial charge is 0.471 e. The lowest BCUT2D eigenvalue weighted by Crippen LogP contribution is -2.48. The van der Waals surface area contributed by atoms with E-state index in [-0.39, 0.29) is 43.6 Å². The molecule has 0 bridgehead atoms. The van der Waals surface area contributed by atoms with E-state index in [2.05, 4.69) is 17.6 Å². The summed E-state index contributed by atoms with van der Waals surface area (Å²) in [6.07, 6.45) is -5.94. The van der Waals surface area contributed by atoms with E-state index in [4.69, 9.17) is 9.47 Å². The molecule has 3 aromatic rings. The first-order valence-electron chi connectivity index (χ1n) is 15.2. The Kier molecular flexibility index (Phi) is 10.9. The maximum Gasteiger partial charge on any atom is 0.471 e. The molecule has 2 aliphatic heterocycles. The van der Waals surface area contributed by atoms with Gasteiger partial charge in [-0.05, 0) is 60.4 Å². The maximum absolute atomic E-state index is 13.0. The van der Waals surface area contributed by atoms with Gasteiger partial charge in [-0.15, -0.1) is 11.8 Å². The van der Waals surface area contributed by atoms with Gasteiger partial charge in [0.25, 0.3) is 0 Å². The second kappa shape index (κ2) is 14.9. The van der Waals surface area contributed by atoms with Crippen molar-refractivity contribution in [1.82, 2.24) is 4.90 Å².